The van der Waals surface area contributed by atoms with Gasteiger partial charge in [0.25, 0.3) is 11.8 Å². The summed E-state index contributed by atoms with van der Waals surface area (Å²) < 4.78 is 15.7. The first-order valence-electron chi connectivity index (χ1n) is 12.0. The normalized spacial score (nSPS) is 18.2. The van der Waals surface area contributed by atoms with E-state index in [4.69, 9.17) is 14.2 Å². The Labute approximate surface area is 209 Å². The summed E-state index contributed by atoms with van der Waals surface area (Å²) in [6.07, 6.45) is 4.43. The molecule has 9 heteroatoms. The molecule has 36 heavy (non-hydrogen) atoms. The summed E-state index contributed by atoms with van der Waals surface area (Å²) in [6, 6.07) is 10.0. The molecule has 1 saturated carbocycles. The number of imide groups is 1. The lowest BCUT2D eigenvalue weighted by molar-refractivity contribution is -0.132. The molecule has 1 aliphatic carbocycles. The summed E-state index contributed by atoms with van der Waals surface area (Å²) >= 11 is 0. The van der Waals surface area contributed by atoms with E-state index in [-0.39, 0.29) is 24.3 Å². The molecule has 1 aliphatic heterocycles. The first-order chi connectivity index (χ1) is 17.3. The van der Waals surface area contributed by atoms with E-state index in [0.717, 1.165) is 37.0 Å². The van der Waals surface area contributed by atoms with Gasteiger partial charge in [0, 0.05) is 18.5 Å². The van der Waals surface area contributed by atoms with E-state index in [1.54, 1.807) is 35.2 Å². The van der Waals surface area contributed by atoms with E-state index < -0.39 is 17.9 Å². The summed E-state index contributed by atoms with van der Waals surface area (Å²) in [5, 5.41) is 0. The molecule has 2 aromatic rings. The van der Waals surface area contributed by atoms with E-state index in [0.29, 0.717) is 28.5 Å². The molecule has 9 nitrogen and oxygen atoms in total. The fourth-order valence-electron chi connectivity index (χ4n) is 4.97. The van der Waals surface area contributed by atoms with Crippen LogP contribution < -0.4 is 19.1 Å². The van der Waals surface area contributed by atoms with Crippen LogP contribution in [0.2, 0.25) is 0 Å². The SMILES string of the molecule is COc1ccc(C(=O)N(C2CCCCC2)C2CC(=O)N(c3ccc(OC(C)=O)cc3)C2=O)cc1OC. The van der Waals surface area contributed by atoms with Crippen LogP contribution in [-0.2, 0) is 14.4 Å². The molecule has 1 atom stereocenters. The summed E-state index contributed by atoms with van der Waals surface area (Å²) in [6.45, 7) is 1.29. The third-order valence-electron chi connectivity index (χ3n) is 6.65. The van der Waals surface area contributed by atoms with Crippen molar-refractivity contribution in [3.8, 4) is 17.2 Å². The molecule has 0 N–H and O–H groups in total. The number of nitrogens with zero attached hydrogens (tertiary/aromatic N) is 2. The van der Waals surface area contributed by atoms with Gasteiger partial charge < -0.3 is 19.1 Å². The quantitative estimate of drug-likeness (QED) is 0.328. The number of carbonyl (C=O) groups is 4. The number of rotatable bonds is 7. The number of ether oxygens (including phenoxy) is 3. The molecule has 1 heterocycles. The van der Waals surface area contributed by atoms with Gasteiger partial charge in [-0.15, -0.1) is 0 Å². The number of hydrogen-bond donors (Lipinski definition) is 0. The number of anilines is 1. The molecular formula is C27H30N2O7. The van der Waals surface area contributed by atoms with Crippen LogP contribution in [0, 0.1) is 0 Å². The van der Waals surface area contributed by atoms with E-state index in [1.165, 1.54) is 33.3 Å². The Kier molecular flexibility index (Phi) is 7.57. The molecule has 0 spiro atoms. The van der Waals surface area contributed by atoms with Crippen molar-refractivity contribution in [2.75, 3.05) is 19.1 Å². The Balaban J connectivity index is 1.65. The second-order valence-corrected chi connectivity index (χ2v) is 8.95. The van der Waals surface area contributed by atoms with E-state index >= 15 is 0 Å². The third-order valence-corrected chi connectivity index (χ3v) is 6.65. The summed E-state index contributed by atoms with van der Waals surface area (Å²) in [5.74, 6) is -0.391. The minimum Gasteiger partial charge on any atom is -0.493 e. The van der Waals surface area contributed by atoms with Gasteiger partial charge in [0.15, 0.2) is 11.5 Å². The molecule has 0 bridgehead atoms. The number of esters is 1. The number of hydrogen-bond acceptors (Lipinski definition) is 7. The standard InChI is InChI=1S/C27H30N2O7/c1-17(30)36-21-12-10-20(11-13-21)29-25(31)16-22(27(29)33)28(19-7-5-4-6-8-19)26(32)18-9-14-23(34-2)24(15-18)35-3/h9-15,19,22H,4-8,16H2,1-3H3. The maximum absolute atomic E-state index is 13.8. The average Bonchev–Trinajstić information content (AvgIpc) is 3.17. The molecular weight excluding hydrogens is 464 g/mol. The minimum atomic E-state index is -0.908. The fraction of sp³-hybridized carbons (Fsp3) is 0.407. The van der Waals surface area contributed by atoms with Crippen molar-refractivity contribution in [2.24, 2.45) is 0 Å². The molecule has 0 radical (unpaired) electrons. The molecule has 1 unspecified atom stereocenters. The number of carbonyl (C=O) groups excluding carboxylic acids is 4. The molecule has 1 saturated heterocycles. The highest BCUT2D eigenvalue weighted by molar-refractivity contribution is 6.23. The summed E-state index contributed by atoms with van der Waals surface area (Å²) in [7, 11) is 3.01. The number of methoxy groups -OCH3 is 2. The van der Waals surface area contributed by atoms with Gasteiger partial charge in [-0.1, -0.05) is 19.3 Å². The van der Waals surface area contributed by atoms with Gasteiger partial charge in [-0.05, 0) is 55.3 Å². The maximum atomic E-state index is 13.8. The number of benzene rings is 2. The van der Waals surface area contributed by atoms with Crippen LogP contribution >= 0.6 is 0 Å². The minimum absolute atomic E-state index is 0.0972. The van der Waals surface area contributed by atoms with Gasteiger partial charge in [-0.2, -0.15) is 0 Å². The molecule has 190 valence electrons. The van der Waals surface area contributed by atoms with Crippen molar-refractivity contribution in [1.29, 1.82) is 0 Å². The Hall–Kier alpha value is -3.88. The fourth-order valence-corrected chi connectivity index (χ4v) is 4.97. The van der Waals surface area contributed by atoms with Crippen LogP contribution in [0.3, 0.4) is 0 Å². The van der Waals surface area contributed by atoms with Crippen molar-refractivity contribution >= 4 is 29.4 Å². The lowest BCUT2D eigenvalue weighted by Gasteiger charge is -2.37. The van der Waals surface area contributed by atoms with Crippen molar-refractivity contribution in [1.82, 2.24) is 4.90 Å². The summed E-state index contributed by atoms with van der Waals surface area (Å²) in [4.78, 5) is 54.4. The van der Waals surface area contributed by atoms with Gasteiger partial charge in [-0.25, -0.2) is 4.90 Å². The first-order valence-corrected chi connectivity index (χ1v) is 12.0. The lowest BCUT2D eigenvalue weighted by Crippen LogP contribution is -2.51. The average molecular weight is 495 g/mol. The third kappa shape index (κ3) is 5.05. The van der Waals surface area contributed by atoms with E-state index in [9.17, 15) is 19.2 Å². The van der Waals surface area contributed by atoms with Gasteiger partial charge in [0.05, 0.1) is 26.3 Å². The van der Waals surface area contributed by atoms with Gasteiger partial charge in [0.1, 0.15) is 11.8 Å². The van der Waals surface area contributed by atoms with Crippen molar-refractivity contribution in [3.63, 3.8) is 0 Å². The van der Waals surface area contributed by atoms with Crippen LogP contribution in [-0.4, -0.2) is 54.9 Å². The van der Waals surface area contributed by atoms with Crippen LogP contribution in [0.25, 0.3) is 0 Å². The first kappa shape index (κ1) is 25.2. The van der Waals surface area contributed by atoms with Crippen molar-refractivity contribution in [3.05, 3.63) is 48.0 Å². The molecule has 3 amide bonds. The number of amides is 3. The predicted octanol–water partition coefficient (Wildman–Crippen LogP) is 3.74. The Morgan fingerprint density at radius 1 is 0.917 bits per heavy atom. The summed E-state index contributed by atoms with van der Waals surface area (Å²) in [5.41, 5.74) is 0.730. The highest BCUT2D eigenvalue weighted by atomic mass is 16.5. The van der Waals surface area contributed by atoms with Crippen molar-refractivity contribution in [2.45, 2.75) is 57.5 Å². The molecule has 2 fully saturated rings. The largest absolute Gasteiger partial charge is 0.493 e. The smallest absolute Gasteiger partial charge is 0.308 e. The Morgan fingerprint density at radius 3 is 2.19 bits per heavy atom. The predicted molar refractivity (Wildman–Crippen MR) is 131 cm³/mol. The Morgan fingerprint density at radius 2 is 1.58 bits per heavy atom. The molecule has 4 rings (SSSR count). The van der Waals surface area contributed by atoms with Crippen LogP contribution in [0.5, 0.6) is 17.2 Å². The van der Waals surface area contributed by atoms with Gasteiger partial charge in [0.2, 0.25) is 5.91 Å². The van der Waals surface area contributed by atoms with Gasteiger partial charge >= 0.3 is 5.97 Å². The second kappa shape index (κ2) is 10.8. The lowest BCUT2D eigenvalue weighted by atomic mass is 9.92. The maximum Gasteiger partial charge on any atom is 0.308 e. The van der Waals surface area contributed by atoms with Crippen molar-refractivity contribution < 1.29 is 33.4 Å². The van der Waals surface area contributed by atoms with Crippen LogP contribution in [0.15, 0.2) is 42.5 Å². The Bertz CT molecular complexity index is 1160. The molecule has 2 aromatic carbocycles. The van der Waals surface area contributed by atoms with Crippen LogP contribution in [0.4, 0.5) is 5.69 Å². The van der Waals surface area contributed by atoms with E-state index in [1.807, 2.05) is 0 Å². The van der Waals surface area contributed by atoms with Crippen LogP contribution in [0.1, 0.15) is 55.8 Å². The highest BCUT2D eigenvalue weighted by Gasteiger charge is 2.46. The topological polar surface area (TPSA) is 102 Å². The second-order valence-electron chi connectivity index (χ2n) is 8.95. The monoisotopic (exact) mass is 494 g/mol. The highest BCUT2D eigenvalue weighted by Crippen LogP contribution is 2.34. The zero-order chi connectivity index (χ0) is 25.8. The zero-order valence-corrected chi connectivity index (χ0v) is 20.7. The molecule has 2 aliphatic rings. The molecule has 0 aromatic heterocycles. The van der Waals surface area contributed by atoms with Gasteiger partial charge in [-0.3, -0.25) is 19.2 Å². The zero-order valence-electron chi connectivity index (χ0n) is 20.7. The van der Waals surface area contributed by atoms with E-state index in [2.05, 4.69) is 0 Å².